The van der Waals surface area contributed by atoms with Crippen molar-refractivity contribution >= 4 is 38.9 Å². The second-order valence-corrected chi connectivity index (χ2v) is 8.89. The van der Waals surface area contributed by atoms with Crippen LogP contribution in [-0.4, -0.2) is 40.3 Å². The van der Waals surface area contributed by atoms with Gasteiger partial charge in [0.1, 0.15) is 0 Å². The highest BCUT2D eigenvalue weighted by Crippen LogP contribution is 2.31. The van der Waals surface area contributed by atoms with Gasteiger partial charge in [-0.3, -0.25) is 0 Å². The fourth-order valence-corrected chi connectivity index (χ4v) is 4.03. The number of likely N-dealkylation sites (N-methyl/N-ethyl adjacent to an activating group) is 1. The molecule has 0 radical (unpaired) electrons. The van der Waals surface area contributed by atoms with Crippen molar-refractivity contribution in [3.63, 3.8) is 0 Å². The van der Waals surface area contributed by atoms with Gasteiger partial charge in [0.25, 0.3) is 0 Å². The van der Waals surface area contributed by atoms with E-state index in [1.807, 2.05) is 0 Å². The number of rotatable bonds is 7. The second kappa shape index (κ2) is 8.97. The molecule has 0 aliphatic carbocycles. The lowest BCUT2D eigenvalue weighted by atomic mass is 10.1. The first-order chi connectivity index (χ1) is 13.3. The molecule has 0 saturated heterocycles. The van der Waals surface area contributed by atoms with Gasteiger partial charge in [-0.05, 0) is 50.0 Å². The van der Waals surface area contributed by atoms with E-state index < -0.39 is 33.9 Å². The number of alkyl halides is 3. The predicted octanol–water partition coefficient (Wildman–Crippen LogP) is 4.06. The molecule has 0 bridgehead atoms. The molecule has 12 heteroatoms. The van der Waals surface area contributed by atoms with Crippen LogP contribution in [0.25, 0.3) is 0 Å². The van der Waals surface area contributed by atoms with E-state index in [-0.39, 0.29) is 16.5 Å². The van der Waals surface area contributed by atoms with Gasteiger partial charge in [0.05, 0.1) is 26.7 Å². The number of nitrogen functional groups attached to an aromatic ring is 1. The predicted molar refractivity (Wildman–Crippen MR) is 106 cm³/mol. The molecule has 0 aliphatic rings. The Morgan fingerprint density at radius 3 is 2.31 bits per heavy atom. The van der Waals surface area contributed by atoms with Crippen molar-refractivity contribution in [1.82, 2.24) is 9.62 Å². The molecular weight excluding hydrogens is 454 g/mol. The Balaban J connectivity index is 2.34. The summed E-state index contributed by atoms with van der Waals surface area (Å²) in [6, 6.07) is 6.70. The topological polar surface area (TPSA) is 84.7 Å². The SMILES string of the molecule is CN(C)C[C@H](NS(=O)(=O)c1ccc(OC(F)(F)F)c(N)c1)c1ccc(Cl)c(Cl)c1. The van der Waals surface area contributed by atoms with Crippen LogP contribution in [0.2, 0.25) is 10.0 Å². The van der Waals surface area contributed by atoms with Gasteiger partial charge < -0.3 is 15.4 Å². The Labute approximate surface area is 176 Å². The molecule has 2 aromatic rings. The zero-order chi connectivity index (χ0) is 22.0. The highest BCUT2D eigenvalue weighted by atomic mass is 35.5. The number of benzene rings is 2. The van der Waals surface area contributed by atoms with E-state index in [1.165, 1.54) is 12.1 Å². The number of ether oxygens (including phenoxy) is 1. The second-order valence-electron chi connectivity index (χ2n) is 6.36. The zero-order valence-corrected chi connectivity index (χ0v) is 17.6. The Bertz CT molecular complexity index is 986. The zero-order valence-electron chi connectivity index (χ0n) is 15.3. The fourth-order valence-electron chi connectivity index (χ4n) is 2.47. The summed E-state index contributed by atoms with van der Waals surface area (Å²) in [6.45, 7) is 0.280. The molecule has 1 atom stereocenters. The monoisotopic (exact) mass is 471 g/mol. The van der Waals surface area contributed by atoms with Crippen molar-refractivity contribution in [1.29, 1.82) is 0 Å². The van der Waals surface area contributed by atoms with E-state index in [9.17, 15) is 21.6 Å². The van der Waals surface area contributed by atoms with Crippen molar-refractivity contribution in [2.24, 2.45) is 0 Å². The number of halogens is 5. The van der Waals surface area contributed by atoms with E-state index in [0.29, 0.717) is 10.6 Å². The third kappa shape index (κ3) is 6.65. The molecule has 160 valence electrons. The van der Waals surface area contributed by atoms with Crippen molar-refractivity contribution in [3.8, 4) is 5.75 Å². The first kappa shape index (κ1) is 23.6. The lowest BCUT2D eigenvalue weighted by Crippen LogP contribution is -2.35. The van der Waals surface area contributed by atoms with Gasteiger partial charge in [0.2, 0.25) is 10.0 Å². The quantitative estimate of drug-likeness (QED) is 0.594. The Kier molecular flexibility index (Phi) is 7.28. The molecule has 2 aromatic carbocycles. The highest BCUT2D eigenvalue weighted by Gasteiger charge is 2.32. The summed E-state index contributed by atoms with van der Waals surface area (Å²) >= 11 is 11.9. The van der Waals surface area contributed by atoms with Crippen LogP contribution in [-0.2, 0) is 10.0 Å². The maximum atomic E-state index is 12.8. The van der Waals surface area contributed by atoms with Gasteiger partial charge >= 0.3 is 6.36 Å². The van der Waals surface area contributed by atoms with Crippen molar-refractivity contribution in [3.05, 3.63) is 52.0 Å². The molecular formula is C17H18Cl2F3N3O3S. The van der Waals surface area contributed by atoms with Crippen molar-refractivity contribution < 1.29 is 26.3 Å². The third-order valence-electron chi connectivity index (χ3n) is 3.71. The smallest absolute Gasteiger partial charge is 0.404 e. The van der Waals surface area contributed by atoms with Gasteiger partial charge in [-0.15, -0.1) is 13.2 Å². The highest BCUT2D eigenvalue weighted by molar-refractivity contribution is 7.89. The maximum Gasteiger partial charge on any atom is 0.573 e. The lowest BCUT2D eigenvalue weighted by Gasteiger charge is -2.23. The summed E-state index contributed by atoms with van der Waals surface area (Å²) < 4.78 is 68.9. The van der Waals surface area contributed by atoms with E-state index in [2.05, 4.69) is 9.46 Å². The lowest BCUT2D eigenvalue weighted by molar-refractivity contribution is -0.274. The average Bonchev–Trinajstić information content (AvgIpc) is 2.56. The van der Waals surface area contributed by atoms with E-state index >= 15 is 0 Å². The molecule has 0 fully saturated rings. The minimum absolute atomic E-state index is 0.255. The normalized spacial score (nSPS) is 13.5. The molecule has 2 rings (SSSR count). The van der Waals surface area contributed by atoms with Crippen LogP contribution in [0.5, 0.6) is 5.75 Å². The van der Waals surface area contributed by atoms with Gasteiger partial charge in [0.15, 0.2) is 5.75 Å². The first-order valence-electron chi connectivity index (χ1n) is 8.06. The van der Waals surface area contributed by atoms with Crippen LogP contribution in [0.3, 0.4) is 0 Å². The Hall–Kier alpha value is -1.72. The van der Waals surface area contributed by atoms with Crippen LogP contribution in [0.15, 0.2) is 41.3 Å². The van der Waals surface area contributed by atoms with Gasteiger partial charge in [-0.1, -0.05) is 29.3 Å². The largest absolute Gasteiger partial charge is 0.573 e. The Morgan fingerprint density at radius 1 is 1.14 bits per heavy atom. The number of nitrogens with zero attached hydrogens (tertiary/aromatic N) is 1. The molecule has 0 amide bonds. The molecule has 0 unspecified atom stereocenters. The maximum absolute atomic E-state index is 12.8. The van der Waals surface area contributed by atoms with Crippen LogP contribution >= 0.6 is 23.2 Å². The summed E-state index contributed by atoms with van der Waals surface area (Å²) in [4.78, 5) is 1.44. The molecule has 0 saturated carbocycles. The summed E-state index contributed by atoms with van der Waals surface area (Å²) in [5.41, 5.74) is 5.62. The standard InChI is InChI=1S/C17H18Cl2F3N3O3S/c1-25(2)9-15(10-3-5-12(18)13(19)7-10)24-29(26,27)11-4-6-16(14(23)8-11)28-17(20,21)22/h3-8,15,24H,9,23H2,1-2H3/t15-/m0/s1. The molecule has 0 aromatic heterocycles. The minimum atomic E-state index is -4.95. The van der Waals surface area contributed by atoms with Crippen LogP contribution in [0.4, 0.5) is 18.9 Å². The number of hydrogen-bond acceptors (Lipinski definition) is 5. The summed E-state index contributed by atoms with van der Waals surface area (Å²) in [5, 5.41) is 0.569. The molecule has 6 nitrogen and oxygen atoms in total. The van der Waals surface area contributed by atoms with E-state index in [4.69, 9.17) is 28.9 Å². The average molecular weight is 472 g/mol. The number of hydrogen-bond donors (Lipinski definition) is 2. The number of sulfonamides is 1. The number of anilines is 1. The molecule has 29 heavy (non-hydrogen) atoms. The van der Waals surface area contributed by atoms with E-state index in [1.54, 1.807) is 25.1 Å². The van der Waals surface area contributed by atoms with Crippen molar-refractivity contribution in [2.45, 2.75) is 17.3 Å². The molecule has 0 aliphatic heterocycles. The molecule has 0 heterocycles. The third-order valence-corrected chi connectivity index (χ3v) is 5.92. The van der Waals surface area contributed by atoms with Crippen LogP contribution < -0.4 is 15.2 Å². The van der Waals surface area contributed by atoms with Gasteiger partial charge in [0, 0.05) is 6.54 Å². The summed E-state index contributed by atoms with van der Waals surface area (Å²) in [6.07, 6.45) is -4.95. The van der Waals surface area contributed by atoms with Gasteiger partial charge in [-0.25, -0.2) is 13.1 Å². The molecule has 0 spiro atoms. The van der Waals surface area contributed by atoms with E-state index in [0.717, 1.165) is 18.2 Å². The number of nitrogens with two attached hydrogens (primary N) is 1. The van der Waals surface area contributed by atoms with Crippen LogP contribution in [0, 0.1) is 0 Å². The summed E-state index contributed by atoms with van der Waals surface area (Å²) in [5.74, 6) is -0.689. The van der Waals surface area contributed by atoms with Crippen molar-refractivity contribution in [2.75, 3.05) is 26.4 Å². The van der Waals surface area contributed by atoms with Gasteiger partial charge in [-0.2, -0.15) is 0 Å². The fraction of sp³-hybridized carbons (Fsp3) is 0.294. The molecule has 3 N–H and O–H groups in total. The minimum Gasteiger partial charge on any atom is -0.404 e. The first-order valence-corrected chi connectivity index (χ1v) is 10.3. The van der Waals surface area contributed by atoms with Crippen LogP contribution in [0.1, 0.15) is 11.6 Å². The number of nitrogens with one attached hydrogen (secondary N) is 1. The Morgan fingerprint density at radius 2 is 1.79 bits per heavy atom. The summed E-state index contributed by atoms with van der Waals surface area (Å²) in [7, 11) is -0.629.